The molecule has 0 amide bonds. The van der Waals surface area contributed by atoms with E-state index in [9.17, 15) is 5.11 Å². The second-order valence-electron chi connectivity index (χ2n) is 4.10. The second kappa shape index (κ2) is 4.77. The first-order valence-electron chi connectivity index (χ1n) is 5.09. The van der Waals surface area contributed by atoms with E-state index in [2.05, 4.69) is 6.58 Å². The molecule has 1 rings (SSSR count). The van der Waals surface area contributed by atoms with Gasteiger partial charge in [0.25, 0.3) is 0 Å². The highest BCUT2D eigenvalue weighted by Crippen LogP contribution is 2.27. The molecular weight excluding hydrogens is 164 g/mol. The lowest BCUT2D eigenvalue weighted by Gasteiger charge is -2.33. The first-order chi connectivity index (χ1) is 6.13. The number of ether oxygens (including phenoxy) is 1. The first-order valence-corrected chi connectivity index (χ1v) is 5.09. The van der Waals surface area contributed by atoms with E-state index < -0.39 is 0 Å². The fraction of sp³-hybridized carbons (Fsp3) is 0.818. The van der Waals surface area contributed by atoms with Crippen LogP contribution in [0, 0.1) is 5.92 Å². The van der Waals surface area contributed by atoms with Crippen molar-refractivity contribution in [3.8, 4) is 0 Å². The topological polar surface area (TPSA) is 29.5 Å². The average molecular weight is 184 g/mol. The molecule has 0 aromatic heterocycles. The van der Waals surface area contributed by atoms with E-state index in [0.29, 0.717) is 5.92 Å². The Morgan fingerprint density at radius 2 is 2.15 bits per heavy atom. The van der Waals surface area contributed by atoms with Gasteiger partial charge in [-0.05, 0) is 39.0 Å². The monoisotopic (exact) mass is 184 g/mol. The molecule has 2 heteroatoms. The van der Waals surface area contributed by atoms with Crippen LogP contribution in [0.3, 0.4) is 0 Å². The fourth-order valence-corrected chi connectivity index (χ4v) is 1.85. The van der Waals surface area contributed by atoms with Crippen LogP contribution in [0.1, 0.15) is 33.1 Å². The molecule has 1 aliphatic rings. The number of aliphatic hydroxyl groups is 1. The zero-order chi connectivity index (χ0) is 9.84. The van der Waals surface area contributed by atoms with Crippen molar-refractivity contribution < 1.29 is 9.84 Å². The minimum atomic E-state index is -0.279. The molecule has 2 nitrogen and oxygen atoms in total. The van der Waals surface area contributed by atoms with Gasteiger partial charge in [0.2, 0.25) is 0 Å². The van der Waals surface area contributed by atoms with E-state index in [1.165, 1.54) is 0 Å². The van der Waals surface area contributed by atoms with E-state index in [0.717, 1.165) is 19.3 Å². The predicted molar refractivity (Wildman–Crippen MR) is 53.6 cm³/mol. The number of hydrogen-bond acceptors (Lipinski definition) is 2. The molecule has 0 bridgehead atoms. The minimum absolute atomic E-state index is 0.0109. The van der Waals surface area contributed by atoms with E-state index in [1.807, 2.05) is 19.9 Å². The maximum atomic E-state index is 9.67. The normalized spacial score (nSPS) is 34.9. The molecular formula is C11H20O2. The molecule has 76 valence electrons. The molecule has 13 heavy (non-hydrogen) atoms. The van der Waals surface area contributed by atoms with Crippen LogP contribution in [0.25, 0.3) is 0 Å². The summed E-state index contributed by atoms with van der Waals surface area (Å²) in [5.41, 5.74) is 0. The number of allylic oxidation sites excluding steroid dienone is 1. The molecule has 1 saturated carbocycles. The highest BCUT2D eigenvalue weighted by Gasteiger charge is 2.28. The van der Waals surface area contributed by atoms with Crippen molar-refractivity contribution in [1.82, 2.24) is 0 Å². The second-order valence-corrected chi connectivity index (χ2v) is 4.10. The minimum Gasteiger partial charge on any atom is -0.390 e. The van der Waals surface area contributed by atoms with E-state index in [1.54, 1.807) is 0 Å². The van der Waals surface area contributed by atoms with Crippen molar-refractivity contribution >= 4 is 0 Å². The number of hydrogen-bond donors (Lipinski definition) is 1. The molecule has 0 saturated heterocycles. The lowest BCUT2D eigenvalue weighted by atomic mass is 9.85. The molecule has 1 N–H and O–H groups in total. The van der Waals surface area contributed by atoms with Crippen molar-refractivity contribution in [3.63, 3.8) is 0 Å². The Hall–Kier alpha value is -0.340. The van der Waals surface area contributed by atoms with Gasteiger partial charge in [-0.2, -0.15) is 0 Å². The average Bonchev–Trinajstić information content (AvgIpc) is 2.08. The van der Waals surface area contributed by atoms with Crippen molar-refractivity contribution in [2.45, 2.75) is 51.4 Å². The van der Waals surface area contributed by atoms with Crippen molar-refractivity contribution in [3.05, 3.63) is 12.7 Å². The van der Waals surface area contributed by atoms with Gasteiger partial charge >= 0.3 is 0 Å². The van der Waals surface area contributed by atoms with Crippen molar-refractivity contribution in [2.75, 3.05) is 0 Å². The van der Waals surface area contributed by atoms with Gasteiger partial charge in [0.1, 0.15) is 0 Å². The van der Waals surface area contributed by atoms with Crippen LogP contribution in [0.4, 0.5) is 0 Å². The first kappa shape index (κ1) is 10.7. The Morgan fingerprint density at radius 3 is 2.69 bits per heavy atom. The van der Waals surface area contributed by atoms with Gasteiger partial charge in [0, 0.05) is 0 Å². The molecule has 0 radical (unpaired) electrons. The molecule has 0 aromatic carbocycles. The maximum Gasteiger partial charge on any atom is 0.0843 e. The van der Waals surface area contributed by atoms with E-state index in [-0.39, 0.29) is 18.3 Å². The van der Waals surface area contributed by atoms with Crippen LogP contribution in [0.15, 0.2) is 12.7 Å². The molecule has 0 spiro atoms. The standard InChI is InChI=1S/C11H20O2/c1-4-9-5-6-10(12)11(7-9)13-8(2)3/h4,8-12H,1,5-7H2,2-3H3. The van der Waals surface area contributed by atoms with Crippen molar-refractivity contribution in [2.24, 2.45) is 5.92 Å². The Labute approximate surface area is 80.6 Å². The quantitative estimate of drug-likeness (QED) is 0.681. The summed E-state index contributed by atoms with van der Waals surface area (Å²) < 4.78 is 5.64. The van der Waals surface area contributed by atoms with E-state index in [4.69, 9.17) is 4.74 Å². The van der Waals surface area contributed by atoms with Crippen LogP contribution >= 0.6 is 0 Å². The summed E-state index contributed by atoms with van der Waals surface area (Å²) in [5.74, 6) is 0.521. The van der Waals surface area contributed by atoms with E-state index >= 15 is 0 Å². The van der Waals surface area contributed by atoms with Gasteiger partial charge < -0.3 is 9.84 Å². The summed E-state index contributed by atoms with van der Waals surface area (Å²) in [5, 5.41) is 9.67. The molecule has 0 heterocycles. The van der Waals surface area contributed by atoms with Crippen LogP contribution < -0.4 is 0 Å². The highest BCUT2D eigenvalue weighted by atomic mass is 16.5. The van der Waals surface area contributed by atoms with Gasteiger partial charge in [-0.15, -0.1) is 6.58 Å². The lowest BCUT2D eigenvalue weighted by Crippen LogP contribution is -2.37. The Bertz CT molecular complexity index is 165. The molecule has 3 unspecified atom stereocenters. The molecule has 3 atom stereocenters. The van der Waals surface area contributed by atoms with Gasteiger partial charge in [-0.1, -0.05) is 6.08 Å². The van der Waals surface area contributed by atoms with Crippen LogP contribution in [0.5, 0.6) is 0 Å². The van der Waals surface area contributed by atoms with Gasteiger partial charge in [0.15, 0.2) is 0 Å². The number of rotatable bonds is 3. The Morgan fingerprint density at radius 1 is 1.46 bits per heavy atom. The summed E-state index contributed by atoms with van der Waals surface area (Å²) in [4.78, 5) is 0. The summed E-state index contributed by atoms with van der Waals surface area (Å²) >= 11 is 0. The Balaban J connectivity index is 2.44. The SMILES string of the molecule is C=CC1CCC(O)C(OC(C)C)C1. The molecule has 1 fully saturated rings. The lowest BCUT2D eigenvalue weighted by molar-refractivity contribution is -0.0898. The summed E-state index contributed by atoms with van der Waals surface area (Å²) in [6.45, 7) is 7.79. The largest absolute Gasteiger partial charge is 0.390 e. The Kier molecular flexibility index (Phi) is 3.94. The predicted octanol–water partition coefficient (Wildman–Crippen LogP) is 2.13. The van der Waals surface area contributed by atoms with Crippen LogP contribution in [0.2, 0.25) is 0 Å². The van der Waals surface area contributed by atoms with Crippen molar-refractivity contribution in [1.29, 1.82) is 0 Å². The maximum absolute atomic E-state index is 9.67. The summed E-state index contributed by atoms with van der Waals surface area (Å²) in [6, 6.07) is 0. The third kappa shape index (κ3) is 3.12. The summed E-state index contributed by atoms with van der Waals surface area (Å²) in [6.07, 6.45) is 4.71. The third-order valence-corrected chi connectivity index (χ3v) is 2.58. The fourth-order valence-electron chi connectivity index (χ4n) is 1.85. The summed E-state index contributed by atoms with van der Waals surface area (Å²) in [7, 11) is 0. The zero-order valence-electron chi connectivity index (χ0n) is 8.57. The third-order valence-electron chi connectivity index (χ3n) is 2.58. The smallest absolute Gasteiger partial charge is 0.0843 e. The van der Waals surface area contributed by atoms with Crippen LogP contribution in [-0.2, 0) is 4.74 Å². The molecule has 0 aliphatic heterocycles. The van der Waals surface area contributed by atoms with Gasteiger partial charge in [0.05, 0.1) is 18.3 Å². The molecule has 0 aromatic rings. The highest BCUT2D eigenvalue weighted by molar-refractivity contribution is 4.89. The van der Waals surface area contributed by atoms with Gasteiger partial charge in [-0.25, -0.2) is 0 Å². The van der Waals surface area contributed by atoms with Crippen LogP contribution in [-0.4, -0.2) is 23.4 Å². The zero-order valence-corrected chi connectivity index (χ0v) is 8.57. The molecule has 1 aliphatic carbocycles. The number of aliphatic hydroxyl groups excluding tert-OH is 1. The van der Waals surface area contributed by atoms with Gasteiger partial charge in [-0.3, -0.25) is 0 Å².